The van der Waals surface area contributed by atoms with Crippen molar-refractivity contribution in [3.05, 3.63) is 53.6 Å². The zero-order valence-electron chi connectivity index (χ0n) is 21.7. The van der Waals surface area contributed by atoms with Crippen molar-refractivity contribution in [3.8, 4) is 5.75 Å². The molecule has 0 saturated heterocycles. The van der Waals surface area contributed by atoms with Crippen LogP contribution in [0.15, 0.2) is 43.1 Å². The first-order valence-electron chi connectivity index (χ1n) is 12.8. The summed E-state index contributed by atoms with van der Waals surface area (Å²) in [5, 5.41) is 9.71. The van der Waals surface area contributed by atoms with E-state index in [4.69, 9.17) is 4.74 Å². The summed E-state index contributed by atoms with van der Waals surface area (Å²) < 4.78 is 5.81. The van der Waals surface area contributed by atoms with Crippen LogP contribution in [0.5, 0.6) is 5.75 Å². The van der Waals surface area contributed by atoms with Gasteiger partial charge in [-0.1, -0.05) is 19.4 Å². The third-order valence-corrected chi connectivity index (χ3v) is 7.93. The van der Waals surface area contributed by atoms with E-state index in [-0.39, 0.29) is 36.0 Å². The molecule has 9 nitrogen and oxygen atoms in total. The highest BCUT2D eigenvalue weighted by Gasteiger charge is 2.35. The molecule has 3 aromatic rings. The fraction of sp³-hybridized carbons (Fsp3) is 0.357. The lowest BCUT2D eigenvalue weighted by Gasteiger charge is -2.32. The molecule has 3 heterocycles. The number of anilines is 3. The van der Waals surface area contributed by atoms with E-state index in [2.05, 4.69) is 27.5 Å². The van der Waals surface area contributed by atoms with Gasteiger partial charge in [-0.15, -0.1) is 11.3 Å². The van der Waals surface area contributed by atoms with Gasteiger partial charge in [-0.2, -0.15) is 0 Å². The molecule has 5 rings (SSSR count). The quantitative estimate of drug-likeness (QED) is 0.351. The molecule has 1 aliphatic carbocycles. The summed E-state index contributed by atoms with van der Waals surface area (Å²) in [6.07, 6.45) is 6.41. The lowest BCUT2D eigenvalue weighted by atomic mass is 9.90. The highest BCUT2D eigenvalue weighted by atomic mass is 32.1. The first-order valence-corrected chi connectivity index (χ1v) is 13.6. The summed E-state index contributed by atoms with van der Waals surface area (Å²) in [5.41, 5.74) is 2.73. The molecule has 4 amide bonds. The summed E-state index contributed by atoms with van der Waals surface area (Å²) >= 11 is 1.24. The number of nitrogens with one attached hydrogen (secondary N) is 3. The Kier molecular flexibility index (Phi) is 7.07. The number of rotatable bonds is 7. The van der Waals surface area contributed by atoms with Crippen LogP contribution < -0.4 is 25.6 Å². The number of carbonyl (C=O) groups is 3. The van der Waals surface area contributed by atoms with Crippen molar-refractivity contribution in [2.24, 2.45) is 0 Å². The van der Waals surface area contributed by atoms with E-state index in [1.807, 2.05) is 39.0 Å². The van der Waals surface area contributed by atoms with Crippen LogP contribution in [0.25, 0.3) is 10.2 Å². The first kappa shape index (κ1) is 25.7. The minimum absolute atomic E-state index is 0.0402. The van der Waals surface area contributed by atoms with Gasteiger partial charge in [-0.05, 0) is 69.5 Å². The highest BCUT2D eigenvalue weighted by Crippen LogP contribution is 2.46. The Morgan fingerprint density at radius 2 is 1.92 bits per heavy atom. The molecule has 1 fully saturated rings. The zero-order chi connectivity index (χ0) is 27.0. The standard InChI is InChI=1S/C28H31N5O4S/c1-5-22(34)30-18-8-6-7-9-19(18)31-26(35)25-24-23-21(12-13-29-27(23)38-25)33(28(36)32-24)20-11-10-17(14-16(20)4)37-15(2)3/h5,10-15,18-19H,1,6-9H2,2-4H3,(H,30,34)(H,31,35)(H,32,36)/t18-,19-/m0/s1. The average molecular weight is 534 g/mol. The first-order chi connectivity index (χ1) is 18.3. The minimum Gasteiger partial charge on any atom is -0.491 e. The Morgan fingerprint density at radius 3 is 2.61 bits per heavy atom. The molecule has 10 heteroatoms. The maximum absolute atomic E-state index is 13.5. The number of aryl methyl sites for hydroxylation is 1. The van der Waals surface area contributed by atoms with Gasteiger partial charge in [0.2, 0.25) is 5.91 Å². The molecule has 1 aromatic carbocycles. The van der Waals surface area contributed by atoms with Crippen LogP contribution in [-0.2, 0) is 4.79 Å². The third-order valence-electron chi connectivity index (χ3n) is 6.83. The Balaban J connectivity index is 1.47. The van der Waals surface area contributed by atoms with E-state index in [9.17, 15) is 14.4 Å². The van der Waals surface area contributed by atoms with Gasteiger partial charge in [0.25, 0.3) is 5.91 Å². The number of aromatic nitrogens is 1. The molecule has 1 aliphatic heterocycles. The van der Waals surface area contributed by atoms with Crippen LogP contribution >= 0.6 is 11.3 Å². The number of ether oxygens (including phenoxy) is 1. The van der Waals surface area contributed by atoms with E-state index in [1.165, 1.54) is 17.4 Å². The Hall–Kier alpha value is -3.92. The van der Waals surface area contributed by atoms with Crippen molar-refractivity contribution >= 4 is 56.5 Å². The average Bonchev–Trinajstić information content (AvgIpc) is 3.25. The number of urea groups is 1. The Morgan fingerprint density at radius 1 is 1.18 bits per heavy atom. The van der Waals surface area contributed by atoms with Gasteiger partial charge in [0.05, 0.1) is 28.6 Å². The zero-order valence-corrected chi connectivity index (χ0v) is 22.5. The molecule has 198 valence electrons. The van der Waals surface area contributed by atoms with Crippen molar-refractivity contribution in [3.63, 3.8) is 0 Å². The molecular weight excluding hydrogens is 502 g/mol. The fourth-order valence-electron chi connectivity index (χ4n) is 5.16. The summed E-state index contributed by atoms with van der Waals surface area (Å²) in [5.74, 6) is 0.186. The molecule has 2 atom stereocenters. The molecule has 38 heavy (non-hydrogen) atoms. The Bertz CT molecular complexity index is 1430. The van der Waals surface area contributed by atoms with E-state index >= 15 is 0 Å². The smallest absolute Gasteiger partial charge is 0.331 e. The van der Waals surface area contributed by atoms with E-state index in [1.54, 1.807) is 17.2 Å². The molecule has 0 bridgehead atoms. The van der Waals surface area contributed by atoms with Gasteiger partial charge >= 0.3 is 6.03 Å². The number of carbonyl (C=O) groups excluding carboxylic acids is 3. The van der Waals surface area contributed by atoms with Gasteiger partial charge in [-0.3, -0.25) is 14.5 Å². The van der Waals surface area contributed by atoms with Crippen molar-refractivity contribution in [2.45, 2.75) is 64.6 Å². The maximum atomic E-state index is 13.5. The van der Waals surface area contributed by atoms with Gasteiger partial charge in [0.15, 0.2) is 0 Å². The van der Waals surface area contributed by atoms with Gasteiger partial charge in [0, 0.05) is 18.3 Å². The van der Waals surface area contributed by atoms with Crippen molar-refractivity contribution < 1.29 is 19.1 Å². The van der Waals surface area contributed by atoms with Crippen molar-refractivity contribution in [1.29, 1.82) is 0 Å². The second-order valence-electron chi connectivity index (χ2n) is 9.88. The van der Waals surface area contributed by atoms with Crippen LogP contribution in [0.1, 0.15) is 54.8 Å². The Labute approximate surface area is 225 Å². The molecule has 0 unspecified atom stereocenters. The number of pyridine rings is 1. The van der Waals surface area contributed by atoms with Gasteiger partial charge in [-0.25, -0.2) is 9.78 Å². The lowest BCUT2D eigenvalue weighted by molar-refractivity contribution is -0.117. The van der Waals surface area contributed by atoms with E-state index < -0.39 is 0 Å². The predicted octanol–water partition coefficient (Wildman–Crippen LogP) is 5.42. The van der Waals surface area contributed by atoms with Crippen LogP contribution in [-0.4, -0.2) is 41.0 Å². The molecule has 1 saturated carbocycles. The molecule has 2 aliphatic rings. The second-order valence-corrected chi connectivity index (χ2v) is 10.9. The highest BCUT2D eigenvalue weighted by molar-refractivity contribution is 7.21. The van der Waals surface area contributed by atoms with Crippen molar-refractivity contribution in [2.75, 3.05) is 10.2 Å². The van der Waals surface area contributed by atoms with Crippen LogP contribution in [0, 0.1) is 6.92 Å². The number of hydrogen-bond acceptors (Lipinski definition) is 6. The largest absolute Gasteiger partial charge is 0.491 e. The van der Waals surface area contributed by atoms with Crippen LogP contribution in [0.4, 0.5) is 21.9 Å². The summed E-state index contributed by atoms with van der Waals surface area (Å²) in [6.45, 7) is 9.38. The van der Waals surface area contributed by atoms with Gasteiger partial charge in [0.1, 0.15) is 15.5 Å². The van der Waals surface area contributed by atoms with Gasteiger partial charge < -0.3 is 20.7 Å². The SMILES string of the molecule is C=CC(=O)N[C@H]1CCCC[C@@H]1NC(=O)c1sc2nccc3c2c1NC(=O)N3c1ccc(OC(C)C)cc1C. The number of nitrogens with zero attached hydrogens (tertiary/aromatic N) is 2. The number of benzene rings is 1. The number of thiophene rings is 1. The third kappa shape index (κ3) is 4.83. The minimum atomic E-state index is -0.355. The van der Waals surface area contributed by atoms with Crippen LogP contribution in [0.3, 0.4) is 0 Å². The molecular formula is C28H31N5O4S. The monoisotopic (exact) mass is 533 g/mol. The molecule has 2 aromatic heterocycles. The topological polar surface area (TPSA) is 113 Å². The normalized spacial score (nSPS) is 18.7. The fourth-order valence-corrected chi connectivity index (χ4v) is 6.18. The maximum Gasteiger partial charge on any atom is 0.331 e. The summed E-state index contributed by atoms with van der Waals surface area (Å²) in [4.78, 5) is 46.0. The van der Waals surface area contributed by atoms with Crippen LogP contribution in [0.2, 0.25) is 0 Å². The number of amides is 4. The summed E-state index contributed by atoms with van der Waals surface area (Å²) in [7, 11) is 0. The van der Waals surface area contributed by atoms with E-state index in [0.29, 0.717) is 21.1 Å². The number of hydrogen-bond donors (Lipinski definition) is 3. The lowest BCUT2D eigenvalue weighted by Crippen LogP contribution is -2.52. The second kappa shape index (κ2) is 10.4. The summed E-state index contributed by atoms with van der Waals surface area (Å²) in [6, 6.07) is 6.68. The van der Waals surface area contributed by atoms with Crippen molar-refractivity contribution in [1.82, 2.24) is 15.6 Å². The molecule has 0 spiro atoms. The predicted molar refractivity (Wildman–Crippen MR) is 150 cm³/mol. The van der Waals surface area contributed by atoms with E-state index in [0.717, 1.165) is 48.1 Å². The molecule has 3 N–H and O–H groups in total. The molecule has 0 radical (unpaired) electrons.